The molecule has 0 aromatic heterocycles. The molecule has 0 amide bonds. The molecule has 2 bridgehead atoms. The first-order chi connectivity index (χ1) is 15.3. The van der Waals surface area contributed by atoms with Gasteiger partial charge in [-0.1, -0.05) is 6.04 Å². The van der Waals surface area contributed by atoms with Gasteiger partial charge in [0.2, 0.25) is 0 Å². The summed E-state index contributed by atoms with van der Waals surface area (Å²) in [6.07, 6.45) is -6.12. The van der Waals surface area contributed by atoms with Crippen LogP contribution in [0.15, 0.2) is 12.1 Å². The number of hydrogen-bond acceptors (Lipinski definition) is 5. The minimum atomic E-state index is -3.05. The summed E-state index contributed by atoms with van der Waals surface area (Å²) >= 11 is 0. The van der Waals surface area contributed by atoms with Crippen LogP contribution in [0.4, 0.5) is 0 Å². The molecule has 4 atom stereocenters. The second-order valence-corrected chi connectivity index (χ2v) is 6.44. The smallest absolute Gasteiger partial charge is 0.174 e. The summed E-state index contributed by atoms with van der Waals surface area (Å²) in [7, 11) is -3.05. The number of aliphatic hydroxyl groups is 1. The topological polar surface area (TPSA) is 59.0 Å². The average Bonchev–Trinajstić information content (AvgIpc) is 2.99. The highest BCUT2D eigenvalue weighted by Gasteiger charge is 2.72. The molecule has 2 fully saturated rings. The molecule has 1 aromatic carbocycles. The van der Waals surface area contributed by atoms with Crippen LogP contribution in [0, 0.1) is 0 Å². The number of nitrogens with zero attached hydrogens (tertiary/aromatic N) is 1. The summed E-state index contributed by atoms with van der Waals surface area (Å²) in [5.41, 5.74) is -4.28. The Hall–Kier alpha value is -1.59. The maximum atomic E-state index is 13.2. The molecule has 2 aliphatic heterocycles. The number of likely N-dealkylation sites (N-methyl/N-ethyl adjacent to an activating group) is 1. The number of ether oxygens (including phenoxy) is 2. The van der Waals surface area contributed by atoms with Crippen molar-refractivity contribution in [3.63, 3.8) is 0 Å². The number of Topliss-reactive ketones (excluding diaryl/α,β-unsaturated/α-hetero) is 1. The molecule has 1 spiro atoms. The first kappa shape index (κ1) is 6.73. The summed E-state index contributed by atoms with van der Waals surface area (Å²) in [6, 6.07) is -3.62. The number of piperidine rings is 1. The number of rotatable bonds is 1. The first-order valence-electron chi connectivity index (χ1n) is 12.9. The van der Waals surface area contributed by atoms with E-state index in [0.29, 0.717) is 0 Å². The van der Waals surface area contributed by atoms with Gasteiger partial charge in [-0.25, -0.2) is 0 Å². The number of hydrogen-bond donors (Lipinski definition) is 1. The fraction of sp³-hybridized carbons (Fsp3) is 0.611. The predicted octanol–water partition coefficient (Wildman–Crippen LogP) is 1.05. The molecule has 122 valence electrons. The number of carbonyl (C=O) groups excluding carboxylic acids is 1. The maximum absolute atomic E-state index is 13.2. The predicted molar refractivity (Wildman–Crippen MR) is 83.0 cm³/mol. The molecule has 1 saturated carbocycles. The summed E-state index contributed by atoms with van der Waals surface area (Å²) in [6.45, 7) is -3.14. The van der Waals surface area contributed by atoms with Gasteiger partial charge in [-0.2, -0.15) is 0 Å². The van der Waals surface area contributed by atoms with Crippen LogP contribution in [0.3, 0.4) is 0 Å². The quantitative estimate of drug-likeness (QED) is 0.836. The van der Waals surface area contributed by atoms with Crippen molar-refractivity contribution in [3.8, 4) is 11.5 Å². The molecule has 1 aromatic rings. The largest absolute Gasteiger partial charge is 0.493 e. The fourth-order valence-electron chi connectivity index (χ4n) is 4.68. The Morgan fingerprint density at radius 2 is 2.52 bits per heavy atom. The lowest BCUT2D eigenvalue weighted by molar-refractivity contribution is -0.185. The van der Waals surface area contributed by atoms with Crippen molar-refractivity contribution in [1.29, 1.82) is 0 Å². The van der Waals surface area contributed by atoms with Crippen LogP contribution in [0.5, 0.6) is 11.5 Å². The maximum Gasteiger partial charge on any atom is 0.174 e. The summed E-state index contributed by atoms with van der Waals surface area (Å²) in [4.78, 5) is 14.0. The molecular weight excluding hydrogens is 294 g/mol. The molecule has 2 aliphatic carbocycles. The molecule has 1 saturated heterocycles. The van der Waals surface area contributed by atoms with Crippen molar-refractivity contribution in [2.45, 2.75) is 48.8 Å². The second kappa shape index (κ2) is 4.08. The van der Waals surface area contributed by atoms with Crippen molar-refractivity contribution < 1.29 is 34.5 Å². The standard InChI is InChI=1S/C18H21NO4/c1-19-8-7-17-14-10-3-4-12(22-2)15(14)23-16(17)11(20)5-6-18(17,21)13(19)9-10/h3-4,13,16,21H,5-9H2,1-2H3/t13-,16?,17+,18-/m1/s1/i1D3,2D3,3D,4D,5D2,13D. The van der Waals surface area contributed by atoms with E-state index < -0.39 is 80.0 Å². The molecule has 0 radical (unpaired) electrons. The van der Waals surface area contributed by atoms with Gasteiger partial charge in [0.25, 0.3) is 0 Å². The van der Waals surface area contributed by atoms with Gasteiger partial charge >= 0.3 is 0 Å². The van der Waals surface area contributed by atoms with Gasteiger partial charge in [0.1, 0.15) is 0 Å². The molecule has 2 heterocycles. The van der Waals surface area contributed by atoms with Crippen LogP contribution >= 0.6 is 0 Å². The van der Waals surface area contributed by atoms with E-state index in [4.69, 9.17) is 23.2 Å². The zero-order valence-corrected chi connectivity index (χ0v) is 12.0. The number of carbonyl (C=O) groups is 1. The Balaban J connectivity index is 1.89. The van der Waals surface area contributed by atoms with Crippen LogP contribution in [0.2, 0.25) is 0 Å². The highest BCUT2D eigenvalue weighted by molar-refractivity contribution is 5.90. The summed E-state index contributed by atoms with van der Waals surface area (Å²) in [5, 5.41) is 12.1. The number of likely N-dealkylation sites (tertiary alicyclic amines) is 1. The Bertz CT molecular complexity index is 1130. The van der Waals surface area contributed by atoms with E-state index in [1.165, 1.54) is 0 Å². The zero-order valence-electron chi connectivity index (χ0n) is 23.0. The SMILES string of the molecule is [2H]c1c([2H])c(OC([2H])([2H])[2H])c2c3c1C[C@@]1([2H])N(C([2H])([2H])[2H])CC[C@@]34C(O2)C(=O)C([2H])([2H])C[C@]41O. The highest BCUT2D eigenvalue weighted by Crippen LogP contribution is 2.64. The van der Waals surface area contributed by atoms with Gasteiger partial charge in [0.05, 0.1) is 26.3 Å². The average molecular weight is 326 g/mol. The third-order valence-corrected chi connectivity index (χ3v) is 5.67. The van der Waals surface area contributed by atoms with Crippen LogP contribution in [0.25, 0.3) is 0 Å². The Kier molecular flexibility index (Phi) is 1.19. The third-order valence-electron chi connectivity index (χ3n) is 5.67. The number of ketones is 1. The van der Waals surface area contributed by atoms with Crippen molar-refractivity contribution in [2.75, 3.05) is 20.6 Å². The van der Waals surface area contributed by atoms with E-state index in [1.807, 2.05) is 0 Å². The van der Waals surface area contributed by atoms with E-state index >= 15 is 0 Å². The third kappa shape index (κ3) is 1.32. The molecule has 5 rings (SSSR count). The van der Waals surface area contributed by atoms with E-state index in [2.05, 4.69) is 0 Å². The molecular formula is C18H21NO4. The summed E-state index contributed by atoms with van der Waals surface area (Å²) in [5.74, 6) is -2.05. The lowest BCUT2D eigenvalue weighted by Crippen LogP contribution is -2.76. The van der Waals surface area contributed by atoms with E-state index in [1.54, 1.807) is 0 Å². The van der Waals surface area contributed by atoms with Gasteiger partial charge in [-0.05, 0) is 44.4 Å². The molecule has 4 aliphatic rings. The minimum absolute atomic E-state index is 0.0238. The molecule has 5 nitrogen and oxygen atoms in total. The Morgan fingerprint density at radius 1 is 1.61 bits per heavy atom. The van der Waals surface area contributed by atoms with Crippen molar-refractivity contribution >= 4 is 5.78 Å². The van der Waals surface area contributed by atoms with Gasteiger partial charge in [-0.3, -0.25) is 4.79 Å². The van der Waals surface area contributed by atoms with E-state index in [-0.39, 0.29) is 29.8 Å². The van der Waals surface area contributed by atoms with E-state index in [0.717, 1.165) is 4.90 Å². The molecule has 1 N–H and O–H groups in total. The molecule has 5 heteroatoms. The van der Waals surface area contributed by atoms with Gasteiger partial charge in [0.15, 0.2) is 23.4 Å². The van der Waals surface area contributed by atoms with Crippen LogP contribution in [0.1, 0.15) is 45.4 Å². The zero-order chi connectivity index (χ0) is 25.4. The second-order valence-electron chi connectivity index (χ2n) is 6.44. The van der Waals surface area contributed by atoms with Crippen LogP contribution < -0.4 is 9.47 Å². The number of methoxy groups -OCH3 is 1. The van der Waals surface area contributed by atoms with Gasteiger partial charge < -0.3 is 19.5 Å². The number of benzene rings is 1. The molecule has 23 heavy (non-hydrogen) atoms. The lowest BCUT2D eigenvalue weighted by atomic mass is 9.49. The molecule has 1 unspecified atom stereocenters. The minimum Gasteiger partial charge on any atom is -0.493 e. The monoisotopic (exact) mass is 326 g/mol. The normalized spacial score (nSPS) is 54.0. The fourth-order valence-corrected chi connectivity index (χ4v) is 4.68. The van der Waals surface area contributed by atoms with E-state index in [9.17, 15) is 11.3 Å². The van der Waals surface area contributed by atoms with Crippen molar-refractivity contribution in [2.24, 2.45) is 0 Å². The highest BCUT2D eigenvalue weighted by atomic mass is 16.5. The lowest BCUT2D eigenvalue weighted by Gasteiger charge is -2.62. The van der Waals surface area contributed by atoms with Crippen LogP contribution in [-0.4, -0.2) is 54.1 Å². The van der Waals surface area contributed by atoms with Gasteiger partial charge in [-0.15, -0.1) is 0 Å². The van der Waals surface area contributed by atoms with Crippen LogP contribution in [-0.2, 0) is 16.6 Å². The first-order valence-corrected chi connectivity index (χ1v) is 7.38. The Labute approximate surface area is 150 Å². The summed E-state index contributed by atoms with van der Waals surface area (Å²) < 4.78 is 99.6. The van der Waals surface area contributed by atoms with Gasteiger partial charge in [0, 0.05) is 24.8 Å². The Morgan fingerprint density at radius 3 is 3.35 bits per heavy atom. The van der Waals surface area contributed by atoms with Crippen molar-refractivity contribution in [3.05, 3.63) is 23.2 Å². The van der Waals surface area contributed by atoms with Crippen molar-refractivity contribution in [1.82, 2.24) is 4.90 Å².